The molecule has 0 bridgehead atoms. The summed E-state index contributed by atoms with van der Waals surface area (Å²) < 4.78 is 24.4. The summed E-state index contributed by atoms with van der Waals surface area (Å²) in [6.07, 6.45) is -0.0732. The number of rotatable bonds is 4. The van der Waals surface area contributed by atoms with Crippen LogP contribution in [0.25, 0.3) is 0 Å². The number of benzene rings is 1. The highest BCUT2D eigenvalue weighted by molar-refractivity contribution is 7.92. The third-order valence-corrected chi connectivity index (χ3v) is 5.44. The fourth-order valence-corrected chi connectivity index (χ4v) is 2.97. The van der Waals surface area contributed by atoms with E-state index in [0.717, 1.165) is 12.5 Å². The molecule has 0 saturated heterocycles. The maximum absolute atomic E-state index is 12.2. The van der Waals surface area contributed by atoms with Gasteiger partial charge in [0.25, 0.3) is 0 Å². The first kappa shape index (κ1) is 13.6. The van der Waals surface area contributed by atoms with Crippen LogP contribution in [0.4, 0.5) is 0 Å². The first-order valence-electron chi connectivity index (χ1n) is 5.21. The Bertz CT molecular complexity index is 521. The fourth-order valence-electron chi connectivity index (χ4n) is 1.39. The minimum atomic E-state index is -3.97. The van der Waals surface area contributed by atoms with Crippen molar-refractivity contribution < 1.29 is 13.3 Å². The molecular formula is C11H15NO4S. The molecule has 0 aliphatic carbocycles. The third-order valence-electron chi connectivity index (χ3n) is 2.95. The van der Waals surface area contributed by atoms with Gasteiger partial charge in [0.2, 0.25) is 9.84 Å². The van der Waals surface area contributed by atoms with Crippen LogP contribution in [-0.4, -0.2) is 18.2 Å². The first-order chi connectivity index (χ1) is 7.75. The Morgan fingerprint density at radius 1 is 1.29 bits per heavy atom. The van der Waals surface area contributed by atoms with Crippen molar-refractivity contribution in [1.29, 1.82) is 0 Å². The Morgan fingerprint density at radius 2 is 1.76 bits per heavy atom. The highest BCUT2D eigenvalue weighted by Gasteiger charge is 2.50. The molecule has 17 heavy (non-hydrogen) atoms. The standard InChI is InChI=1S/C11H15NO4S/c1-4-11(3,12(13)14)17(15,16)10-7-5-9(2)6-8-10/h5-8H,4H2,1-3H3/t11-/m0/s1. The fraction of sp³-hybridized carbons (Fsp3) is 0.455. The number of aryl methyl sites for hydroxylation is 1. The average Bonchev–Trinajstić information content (AvgIpc) is 2.28. The largest absolute Gasteiger partial charge is 0.320 e. The number of hydrogen-bond donors (Lipinski definition) is 0. The van der Waals surface area contributed by atoms with Crippen LogP contribution in [0.1, 0.15) is 25.8 Å². The molecule has 0 amide bonds. The molecule has 0 fully saturated rings. The Hall–Kier alpha value is -1.43. The topological polar surface area (TPSA) is 77.3 Å². The van der Waals surface area contributed by atoms with Gasteiger partial charge in [-0.05, 0) is 19.1 Å². The quantitative estimate of drug-likeness (QED) is 0.611. The van der Waals surface area contributed by atoms with E-state index in [1.165, 1.54) is 19.1 Å². The summed E-state index contributed by atoms with van der Waals surface area (Å²) in [5.74, 6) is 0. The van der Waals surface area contributed by atoms with Gasteiger partial charge in [-0.25, -0.2) is 8.42 Å². The highest BCUT2D eigenvalue weighted by atomic mass is 32.2. The van der Waals surface area contributed by atoms with Crippen LogP contribution in [0.5, 0.6) is 0 Å². The van der Waals surface area contributed by atoms with E-state index in [2.05, 4.69) is 0 Å². The molecule has 0 radical (unpaired) electrons. The lowest BCUT2D eigenvalue weighted by Gasteiger charge is -2.19. The van der Waals surface area contributed by atoms with Crippen LogP contribution in [-0.2, 0) is 9.84 Å². The van der Waals surface area contributed by atoms with E-state index in [0.29, 0.717) is 0 Å². The Morgan fingerprint density at radius 3 is 2.12 bits per heavy atom. The van der Waals surface area contributed by atoms with Gasteiger partial charge in [-0.2, -0.15) is 0 Å². The van der Waals surface area contributed by atoms with Crippen LogP contribution in [0, 0.1) is 17.0 Å². The summed E-state index contributed by atoms with van der Waals surface area (Å²) in [6.45, 7) is 4.46. The predicted octanol–water partition coefficient (Wildman–Crippen LogP) is 2.17. The molecule has 1 rings (SSSR count). The molecule has 1 aromatic carbocycles. The molecule has 6 heteroatoms. The van der Waals surface area contributed by atoms with Crippen molar-refractivity contribution in [3.05, 3.63) is 39.9 Å². The number of hydrogen-bond acceptors (Lipinski definition) is 4. The summed E-state index contributed by atoms with van der Waals surface area (Å²) in [6, 6.07) is 6.07. The molecule has 0 saturated carbocycles. The van der Waals surface area contributed by atoms with Crippen LogP contribution in [0.2, 0.25) is 0 Å². The second-order valence-electron chi connectivity index (χ2n) is 4.10. The predicted molar refractivity (Wildman–Crippen MR) is 64.1 cm³/mol. The van der Waals surface area contributed by atoms with Gasteiger partial charge in [0.1, 0.15) is 0 Å². The van der Waals surface area contributed by atoms with Gasteiger partial charge >= 0.3 is 4.87 Å². The number of nitrogens with zero attached hydrogens (tertiary/aromatic N) is 1. The van der Waals surface area contributed by atoms with E-state index >= 15 is 0 Å². The summed E-state index contributed by atoms with van der Waals surface area (Å²) in [7, 11) is -3.97. The maximum atomic E-state index is 12.2. The zero-order chi connectivity index (χ0) is 13.3. The van der Waals surface area contributed by atoms with Gasteiger partial charge in [-0.3, -0.25) is 10.1 Å². The van der Waals surface area contributed by atoms with Gasteiger partial charge in [0, 0.05) is 18.3 Å². The molecule has 0 unspecified atom stereocenters. The molecule has 0 aliphatic heterocycles. The van der Waals surface area contributed by atoms with E-state index in [1.54, 1.807) is 12.1 Å². The smallest absolute Gasteiger partial charge is 0.263 e. The van der Waals surface area contributed by atoms with Gasteiger partial charge in [-0.1, -0.05) is 24.6 Å². The van der Waals surface area contributed by atoms with Crippen LogP contribution < -0.4 is 0 Å². The zero-order valence-corrected chi connectivity index (χ0v) is 10.8. The molecule has 0 aromatic heterocycles. The molecule has 1 atom stereocenters. The van der Waals surface area contributed by atoms with E-state index < -0.39 is 19.6 Å². The van der Waals surface area contributed by atoms with Crippen molar-refractivity contribution in [2.75, 3.05) is 0 Å². The minimum Gasteiger partial charge on any atom is -0.263 e. The Kier molecular flexibility index (Phi) is 3.56. The second kappa shape index (κ2) is 4.44. The number of nitro groups is 1. The Labute approximate surface area is 101 Å². The Balaban J connectivity index is 3.37. The van der Waals surface area contributed by atoms with Gasteiger partial charge < -0.3 is 0 Å². The molecule has 0 aliphatic rings. The lowest BCUT2D eigenvalue weighted by molar-refractivity contribution is -0.536. The first-order valence-corrected chi connectivity index (χ1v) is 6.70. The summed E-state index contributed by atoms with van der Waals surface area (Å²) in [4.78, 5) is 8.25. The van der Waals surface area contributed by atoms with Gasteiger partial charge in [-0.15, -0.1) is 0 Å². The molecule has 1 aromatic rings. The molecule has 0 N–H and O–H groups in total. The lowest BCUT2D eigenvalue weighted by Crippen LogP contribution is -2.42. The molecule has 94 valence electrons. The van der Waals surface area contributed by atoms with Crippen molar-refractivity contribution >= 4 is 9.84 Å². The average molecular weight is 257 g/mol. The van der Waals surface area contributed by atoms with Crippen molar-refractivity contribution in [3.63, 3.8) is 0 Å². The monoisotopic (exact) mass is 257 g/mol. The third kappa shape index (κ3) is 2.17. The van der Waals surface area contributed by atoms with Crippen molar-refractivity contribution in [2.45, 2.75) is 37.0 Å². The summed E-state index contributed by atoms with van der Waals surface area (Å²) in [5, 5.41) is 11.0. The van der Waals surface area contributed by atoms with Gasteiger partial charge in [0.05, 0.1) is 4.90 Å². The summed E-state index contributed by atoms with van der Waals surface area (Å²) in [5.41, 5.74) is 0.906. The van der Waals surface area contributed by atoms with Crippen molar-refractivity contribution in [2.24, 2.45) is 0 Å². The second-order valence-corrected chi connectivity index (χ2v) is 6.46. The maximum Gasteiger partial charge on any atom is 0.320 e. The normalized spacial score (nSPS) is 15.2. The van der Waals surface area contributed by atoms with Crippen LogP contribution >= 0.6 is 0 Å². The van der Waals surface area contributed by atoms with Crippen molar-refractivity contribution in [1.82, 2.24) is 0 Å². The van der Waals surface area contributed by atoms with Crippen LogP contribution in [0.3, 0.4) is 0 Å². The van der Waals surface area contributed by atoms with Crippen molar-refractivity contribution in [3.8, 4) is 0 Å². The minimum absolute atomic E-state index is 0.0100. The number of sulfone groups is 1. The van der Waals surface area contributed by atoms with E-state index in [9.17, 15) is 18.5 Å². The molecule has 0 heterocycles. The zero-order valence-electron chi connectivity index (χ0n) is 10.0. The van der Waals surface area contributed by atoms with E-state index in [-0.39, 0.29) is 11.3 Å². The van der Waals surface area contributed by atoms with E-state index in [1.807, 2.05) is 6.92 Å². The van der Waals surface area contributed by atoms with Gasteiger partial charge in [0.15, 0.2) is 0 Å². The lowest BCUT2D eigenvalue weighted by atomic mass is 10.2. The molecule has 0 spiro atoms. The SMILES string of the molecule is CC[C@@](C)([N+](=O)[O-])S(=O)(=O)c1ccc(C)cc1. The highest BCUT2D eigenvalue weighted by Crippen LogP contribution is 2.29. The molecule has 5 nitrogen and oxygen atoms in total. The van der Waals surface area contributed by atoms with Crippen LogP contribution in [0.15, 0.2) is 29.2 Å². The summed E-state index contributed by atoms with van der Waals surface area (Å²) >= 11 is 0. The van der Waals surface area contributed by atoms with E-state index in [4.69, 9.17) is 0 Å². The molecular weight excluding hydrogens is 242 g/mol.